The molecule has 0 saturated heterocycles. The van der Waals surface area contributed by atoms with Crippen molar-refractivity contribution in [1.82, 2.24) is 5.43 Å². The molecule has 0 bridgehead atoms. The van der Waals surface area contributed by atoms with E-state index >= 15 is 0 Å². The molecule has 0 atom stereocenters. The van der Waals surface area contributed by atoms with E-state index in [1.165, 1.54) is 11.1 Å². The maximum atomic E-state index is 12.1. The van der Waals surface area contributed by atoms with E-state index in [0.29, 0.717) is 10.6 Å². The van der Waals surface area contributed by atoms with Crippen molar-refractivity contribution in [3.63, 3.8) is 0 Å². The molecule has 0 saturated carbocycles. The van der Waals surface area contributed by atoms with Crippen LogP contribution in [0.4, 0.5) is 0 Å². The van der Waals surface area contributed by atoms with Gasteiger partial charge in [-0.1, -0.05) is 59.2 Å². The van der Waals surface area contributed by atoms with Crippen molar-refractivity contribution in [3.8, 4) is 0 Å². The molecule has 0 heterocycles. The van der Waals surface area contributed by atoms with Gasteiger partial charge in [0.25, 0.3) is 5.91 Å². The average molecular weight is 371 g/mol. The van der Waals surface area contributed by atoms with Crippen molar-refractivity contribution in [3.05, 3.63) is 69.7 Å². The number of carbonyl (C=O) groups excluding carboxylic acids is 1. The molecular weight excluding hydrogens is 344 g/mol. The molecule has 0 aromatic heterocycles. The monoisotopic (exact) mass is 370 g/mol. The van der Waals surface area contributed by atoms with Crippen LogP contribution in [-0.4, -0.2) is 12.1 Å². The number of benzene rings is 2. The lowest BCUT2D eigenvalue weighted by Gasteiger charge is -2.25. The predicted octanol–water partition coefficient (Wildman–Crippen LogP) is 5.70. The standard InChI is InChI=1S/C22H27ClN2O/c1-21(2,3)17-11-15(12-18(13-17)22(4,5)6)14-24-25-20(26)16-7-9-19(23)10-8-16/h7-14H,1-6H3,(H,25,26). The molecule has 0 aliphatic heterocycles. The van der Waals surface area contributed by atoms with Gasteiger partial charge in [-0.15, -0.1) is 0 Å². The summed E-state index contributed by atoms with van der Waals surface area (Å²) in [6.45, 7) is 13.2. The molecule has 1 amide bonds. The Morgan fingerprint density at radius 1 is 0.923 bits per heavy atom. The minimum absolute atomic E-state index is 0.0381. The first-order valence-electron chi connectivity index (χ1n) is 8.72. The second kappa shape index (κ2) is 7.63. The summed E-state index contributed by atoms with van der Waals surface area (Å²) in [5, 5.41) is 4.73. The smallest absolute Gasteiger partial charge is 0.267 e. The number of nitrogens with one attached hydrogen (secondary N) is 1. The molecule has 138 valence electrons. The highest BCUT2D eigenvalue weighted by atomic mass is 35.5. The quantitative estimate of drug-likeness (QED) is 0.546. The fourth-order valence-electron chi connectivity index (χ4n) is 2.42. The SMILES string of the molecule is CC(C)(C)c1cc(C=NNC(=O)c2ccc(Cl)cc2)cc(C(C)(C)C)c1. The Bertz CT molecular complexity index is 777. The maximum absolute atomic E-state index is 12.1. The van der Waals surface area contributed by atoms with Crippen molar-refractivity contribution in [1.29, 1.82) is 0 Å². The van der Waals surface area contributed by atoms with Gasteiger partial charge in [0.05, 0.1) is 6.21 Å². The molecule has 0 aliphatic rings. The number of rotatable bonds is 3. The molecule has 2 rings (SSSR count). The summed E-state index contributed by atoms with van der Waals surface area (Å²) in [7, 11) is 0. The molecule has 3 nitrogen and oxygen atoms in total. The lowest BCUT2D eigenvalue weighted by molar-refractivity contribution is 0.0955. The van der Waals surface area contributed by atoms with Gasteiger partial charge in [0.1, 0.15) is 0 Å². The maximum Gasteiger partial charge on any atom is 0.271 e. The largest absolute Gasteiger partial charge is 0.271 e. The third-order valence-corrected chi connectivity index (χ3v) is 4.43. The van der Waals surface area contributed by atoms with Gasteiger partial charge in [-0.05, 0) is 63.9 Å². The van der Waals surface area contributed by atoms with Gasteiger partial charge >= 0.3 is 0 Å². The van der Waals surface area contributed by atoms with E-state index in [4.69, 9.17) is 11.6 Å². The van der Waals surface area contributed by atoms with E-state index in [-0.39, 0.29) is 16.7 Å². The second-order valence-corrected chi connectivity index (χ2v) is 8.99. The molecule has 1 N–H and O–H groups in total. The summed E-state index contributed by atoms with van der Waals surface area (Å²) in [4.78, 5) is 12.1. The molecule has 26 heavy (non-hydrogen) atoms. The fraction of sp³-hybridized carbons (Fsp3) is 0.364. The fourth-order valence-corrected chi connectivity index (χ4v) is 2.55. The normalized spacial score (nSPS) is 12.4. The van der Waals surface area contributed by atoms with Crippen LogP contribution in [0.3, 0.4) is 0 Å². The Kier molecular flexibility index (Phi) is 5.92. The highest BCUT2D eigenvalue weighted by molar-refractivity contribution is 6.30. The van der Waals surface area contributed by atoms with Gasteiger partial charge in [-0.2, -0.15) is 5.10 Å². The van der Waals surface area contributed by atoms with E-state index in [0.717, 1.165) is 5.56 Å². The van der Waals surface area contributed by atoms with Crippen molar-refractivity contribution >= 4 is 23.7 Å². The number of carbonyl (C=O) groups is 1. The number of hydrogen-bond donors (Lipinski definition) is 1. The Morgan fingerprint density at radius 2 is 1.42 bits per heavy atom. The van der Waals surface area contributed by atoms with E-state index in [1.807, 2.05) is 0 Å². The van der Waals surface area contributed by atoms with E-state index in [1.54, 1.807) is 30.5 Å². The van der Waals surface area contributed by atoms with Gasteiger partial charge in [0.2, 0.25) is 0 Å². The lowest BCUT2D eigenvalue weighted by Crippen LogP contribution is -2.18. The zero-order chi connectivity index (χ0) is 19.5. The number of hydrazone groups is 1. The van der Waals surface area contributed by atoms with Gasteiger partial charge in [-0.3, -0.25) is 4.79 Å². The third kappa shape index (κ3) is 5.43. The summed E-state index contributed by atoms with van der Waals surface area (Å²) in [5.74, 6) is -0.263. The van der Waals surface area contributed by atoms with Gasteiger partial charge in [0.15, 0.2) is 0 Å². The van der Waals surface area contributed by atoms with Crippen molar-refractivity contribution in [2.24, 2.45) is 5.10 Å². The average Bonchev–Trinajstić information content (AvgIpc) is 2.53. The second-order valence-electron chi connectivity index (χ2n) is 8.55. The number of halogens is 1. The highest BCUT2D eigenvalue weighted by Crippen LogP contribution is 2.29. The third-order valence-electron chi connectivity index (χ3n) is 4.17. The van der Waals surface area contributed by atoms with Crippen LogP contribution in [-0.2, 0) is 10.8 Å². The highest BCUT2D eigenvalue weighted by Gasteiger charge is 2.20. The summed E-state index contributed by atoms with van der Waals surface area (Å²) < 4.78 is 0. The van der Waals surface area contributed by atoms with E-state index in [9.17, 15) is 4.79 Å². The van der Waals surface area contributed by atoms with Crippen LogP contribution < -0.4 is 5.43 Å². The summed E-state index contributed by atoms with van der Waals surface area (Å²) in [6.07, 6.45) is 1.69. The van der Waals surface area contributed by atoms with Gasteiger partial charge in [-0.25, -0.2) is 5.43 Å². The first-order valence-corrected chi connectivity index (χ1v) is 9.09. The minimum atomic E-state index is -0.263. The molecule has 4 heteroatoms. The lowest BCUT2D eigenvalue weighted by atomic mass is 9.80. The van der Waals surface area contributed by atoms with Crippen LogP contribution in [0.1, 0.15) is 68.6 Å². The summed E-state index contributed by atoms with van der Waals surface area (Å²) in [5.41, 5.74) is 6.63. The van der Waals surface area contributed by atoms with Gasteiger partial charge in [0, 0.05) is 10.6 Å². The summed E-state index contributed by atoms with van der Waals surface area (Å²) in [6, 6.07) is 13.2. The van der Waals surface area contributed by atoms with Crippen molar-refractivity contribution in [2.45, 2.75) is 52.4 Å². The molecule has 2 aromatic rings. The van der Waals surface area contributed by atoms with E-state index < -0.39 is 0 Å². The molecule has 0 radical (unpaired) electrons. The molecule has 2 aromatic carbocycles. The molecule has 0 aliphatic carbocycles. The summed E-state index contributed by atoms with van der Waals surface area (Å²) >= 11 is 5.84. The first-order chi connectivity index (χ1) is 12.0. The molecule has 0 unspecified atom stereocenters. The zero-order valence-electron chi connectivity index (χ0n) is 16.4. The van der Waals surface area contributed by atoms with Crippen molar-refractivity contribution in [2.75, 3.05) is 0 Å². The van der Waals surface area contributed by atoms with Crippen LogP contribution in [0, 0.1) is 0 Å². The Hall–Kier alpha value is -2.13. The van der Waals surface area contributed by atoms with Crippen LogP contribution in [0.15, 0.2) is 47.6 Å². The Labute approximate surface area is 161 Å². The van der Waals surface area contributed by atoms with Crippen molar-refractivity contribution < 1.29 is 4.79 Å². The van der Waals surface area contributed by atoms with Crippen LogP contribution in [0.25, 0.3) is 0 Å². The van der Waals surface area contributed by atoms with Crippen LogP contribution in [0.5, 0.6) is 0 Å². The molecular formula is C22H27ClN2O. The first kappa shape index (κ1) is 20.2. The van der Waals surface area contributed by atoms with Crippen LogP contribution >= 0.6 is 11.6 Å². The van der Waals surface area contributed by atoms with E-state index in [2.05, 4.69) is 70.3 Å². The number of amides is 1. The number of nitrogens with zero attached hydrogens (tertiary/aromatic N) is 1. The zero-order valence-corrected chi connectivity index (χ0v) is 17.1. The topological polar surface area (TPSA) is 41.5 Å². The minimum Gasteiger partial charge on any atom is -0.267 e. The van der Waals surface area contributed by atoms with Gasteiger partial charge < -0.3 is 0 Å². The molecule has 0 fully saturated rings. The Morgan fingerprint density at radius 3 is 1.88 bits per heavy atom. The Balaban J connectivity index is 2.23. The molecule has 0 spiro atoms. The number of hydrogen-bond acceptors (Lipinski definition) is 2. The predicted molar refractivity (Wildman–Crippen MR) is 110 cm³/mol. The van der Waals surface area contributed by atoms with Crippen LogP contribution in [0.2, 0.25) is 5.02 Å².